The van der Waals surface area contributed by atoms with Gasteiger partial charge in [-0.2, -0.15) is 0 Å². The molecule has 0 N–H and O–H groups in total. The number of fused-ring (bicyclic) bond motifs is 1. The predicted molar refractivity (Wildman–Crippen MR) is 78.1 cm³/mol. The molecule has 4 nitrogen and oxygen atoms in total. The molecular weight excluding hydrogens is 254 g/mol. The van der Waals surface area contributed by atoms with Gasteiger partial charge in [0.05, 0.1) is 19.7 Å². The van der Waals surface area contributed by atoms with Crippen LogP contribution in [0.3, 0.4) is 0 Å². The molecule has 1 aromatic carbocycles. The van der Waals surface area contributed by atoms with E-state index in [1.807, 2.05) is 19.9 Å². The Morgan fingerprint density at radius 2 is 1.95 bits per heavy atom. The SMILES string of the molecule is COC(=O)CCc1cc(C)cc2c(OC)cc(C)nc12. The Hall–Kier alpha value is -2.10. The van der Waals surface area contributed by atoms with Gasteiger partial charge in [0.25, 0.3) is 0 Å². The Morgan fingerprint density at radius 1 is 1.20 bits per heavy atom. The van der Waals surface area contributed by atoms with Crippen LogP contribution in [-0.4, -0.2) is 25.2 Å². The quantitative estimate of drug-likeness (QED) is 0.804. The van der Waals surface area contributed by atoms with Gasteiger partial charge in [0, 0.05) is 23.6 Å². The van der Waals surface area contributed by atoms with Gasteiger partial charge in [-0.05, 0) is 37.5 Å². The topological polar surface area (TPSA) is 48.4 Å². The molecule has 1 heterocycles. The number of methoxy groups -OCH3 is 2. The van der Waals surface area contributed by atoms with Crippen molar-refractivity contribution in [1.82, 2.24) is 4.98 Å². The molecule has 4 heteroatoms. The number of carbonyl (C=O) groups is 1. The summed E-state index contributed by atoms with van der Waals surface area (Å²) in [7, 11) is 3.06. The number of esters is 1. The summed E-state index contributed by atoms with van der Waals surface area (Å²) >= 11 is 0. The molecule has 0 aliphatic heterocycles. The maximum absolute atomic E-state index is 11.3. The molecule has 0 spiro atoms. The molecule has 0 fully saturated rings. The minimum absolute atomic E-state index is 0.209. The third-order valence-corrected chi connectivity index (χ3v) is 3.27. The van der Waals surface area contributed by atoms with E-state index in [1.54, 1.807) is 7.11 Å². The van der Waals surface area contributed by atoms with Crippen LogP contribution in [0, 0.1) is 13.8 Å². The number of pyridine rings is 1. The van der Waals surface area contributed by atoms with Crippen LogP contribution in [0.5, 0.6) is 5.75 Å². The van der Waals surface area contributed by atoms with Crippen molar-refractivity contribution in [3.63, 3.8) is 0 Å². The summed E-state index contributed by atoms with van der Waals surface area (Å²) in [4.78, 5) is 15.9. The molecule has 1 aromatic heterocycles. The van der Waals surface area contributed by atoms with Gasteiger partial charge < -0.3 is 9.47 Å². The summed E-state index contributed by atoms with van der Waals surface area (Å²) in [6, 6.07) is 6.05. The second-order valence-electron chi connectivity index (χ2n) is 4.86. The normalized spacial score (nSPS) is 10.6. The maximum atomic E-state index is 11.3. The number of ether oxygens (including phenoxy) is 2. The van der Waals surface area contributed by atoms with Crippen molar-refractivity contribution < 1.29 is 14.3 Å². The van der Waals surface area contributed by atoms with Crippen molar-refractivity contribution in [2.45, 2.75) is 26.7 Å². The van der Waals surface area contributed by atoms with Crippen LogP contribution in [0.4, 0.5) is 0 Å². The number of rotatable bonds is 4. The largest absolute Gasteiger partial charge is 0.496 e. The molecule has 0 amide bonds. The van der Waals surface area contributed by atoms with Crippen molar-refractivity contribution >= 4 is 16.9 Å². The van der Waals surface area contributed by atoms with Crippen molar-refractivity contribution in [1.29, 1.82) is 0 Å². The average Bonchev–Trinajstić information content (AvgIpc) is 2.44. The fourth-order valence-electron chi connectivity index (χ4n) is 2.35. The molecule has 0 aliphatic carbocycles. The van der Waals surface area contributed by atoms with Gasteiger partial charge in [0.2, 0.25) is 0 Å². The third kappa shape index (κ3) is 2.90. The van der Waals surface area contributed by atoms with E-state index < -0.39 is 0 Å². The zero-order valence-corrected chi connectivity index (χ0v) is 12.3. The Balaban J connectivity index is 2.53. The first-order valence-electron chi connectivity index (χ1n) is 6.57. The van der Waals surface area contributed by atoms with Crippen molar-refractivity contribution in [2.75, 3.05) is 14.2 Å². The summed E-state index contributed by atoms with van der Waals surface area (Å²) in [6.07, 6.45) is 0.970. The minimum Gasteiger partial charge on any atom is -0.496 e. The number of aromatic nitrogens is 1. The van der Waals surface area contributed by atoms with E-state index in [0.717, 1.165) is 33.5 Å². The van der Waals surface area contributed by atoms with E-state index >= 15 is 0 Å². The van der Waals surface area contributed by atoms with Crippen LogP contribution >= 0.6 is 0 Å². The van der Waals surface area contributed by atoms with Gasteiger partial charge in [0.15, 0.2) is 0 Å². The Labute approximate surface area is 118 Å². The maximum Gasteiger partial charge on any atom is 0.305 e. The first-order chi connectivity index (χ1) is 9.55. The van der Waals surface area contributed by atoms with Crippen LogP contribution in [0.1, 0.15) is 23.2 Å². The number of hydrogen-bond donors (Lipinski definition) is 0. The molecule has 20 heavy (non-hydrogen) atoms. The highest BCUT2D eigenvalue weighted by molar-refractivity contribution is 5.89. The van der Waals surface area contributed by atoms with Gasteiger partial charge in [0.1, 0.15) is 5.75 Å². The molecule has 0 saturated heterocycles. The molecule has 0 unspecified atom stereocenters. The van der Waals surface area contributed by atoms with Gasteiger partial charge in [-0.25, -0.2) is 0 Å². The number of hydrogen-bond acceptors (Lipinski definition) is 4. The number of nitrogens with zero attached hydrogens (tertiary/aromatic N) is 1. The van der Waals surface area contributed by atoms with Crippen LogP contribution in [-0.2, 0) is 16.0 Å². The summed E-state index contributed by atoms with van der Waals surface area (Å²) in [5, 5.41) is 0.984. The standard InChI is InChI=1S/C16H19NO3/c1-10-7-12(5-6-15(18)20-4)16-13(8-10)14(19-3)9-11(2)17-16/h7-9H,5-6H2,1-4H3. The monoisotopic (exact) mass is 273 g/mol. The van der Waals surface area contributed by atoms with E-state index in [-0.39, 0.29) is 5.97 Å². The highest BCUT2D eigenvalue weighted by atomic mass is 16.5. The fraction of sp³-hybridized carbons (Fsp3) is 0.375. The molecule has 0 bridgehead atoms. The third-order valence-electron chi connectivity index (χ3n) is 3.27. The highest BCUT2D eigenvalue weighted by Crippen LogP contribution is 2.29. The van der Waals surface area contributed by atoms with Gasteiger partial charge in [-0.3, -0.25) is 9.78 Å². The number of aryl methyl sites for hydroxylation is 3. The zero-order valence-electron chi connectivity index (χ0n) is 12.3. The molecule has 106 valence electrons. The van der Waals surface area contributed by atoms with Crippen molar-refractivity contribution in [3.8, 4) is 5.75 Å². The summed E-state index contributed by atoms with van der Waals surface area (Å²) < 4.78 is 10.1. The smallest absolute Gasteiger partial charge is 0.305 e. The lowest BCUT2D eigenvalue weighted by Gasteiger charge is -2.11. The van der Waals surface area contributed by atoms with Crippen molar-refractivity contribution in [3.05, 3.63) is 35.0 Å². The fourth-order valence-corrected chi connectivity index (χ4v) is 2.35. The lowest BCUT2D eigenvalue weighted by Crippen LogP contribution is -2.03. The predicted octanol–water partition coefficient (Wildman–Crippen LogP) is 2.97. The molecule has 0 atom stereocenters. The Morgan fingerprint density at radius 3 is 2.60 bits per heavy atom. The number of carbonyl (C=O) groups excluding carboxylic acids is 1. The van der Waals surface area contributed by atoms with Crippen LogP contribution in [0.15, 0.2) is 18.2 Å². The highest BCUT2D eigenvalue weighted by Gasteiger charge is 2.11. The zero-order chi connectivity index (χ0) is 14.7. The van der Waals surface area contributed by atoms with Crippen LogP contribution < -0.4 is 4.74 Å². The summed E-state index contributed by atoms with van der Waals surface area (Å²) in [5.41, 5.74) is 3.97. The van der Waals surface area contributed by atoms with Gasteiger partial charge in [-0.1, -0.05) is 6.07 Å². The molecule has 2 aromatic rings. The van der Waals surface area contributed by atoms with E-state index in [9.17, 15) is 4.79 Å². The summed E-state index contributed by atoms with van der Waals surface area (Å²) in [5.74, 6) is 0.606. The van der Waals surface area contributed by atoms with Crippen LogP contribution in [0.25, 0.3) is 10.9 Å². The van der Waals surface area contributed by atoms with Gasteiger partial charge >= 0.3 is 5.97 Å². The first kappa shape index (κ1) is 14.3. The van der Waals surface area contributed by atoms with E-state index in [0.29, 0.717) is 12.8 Å². The lowest BCUT2D eigenvalue weighted by atomic mass is 10.0. The second kappa shape index (κ2) is 5.90. The molecule has 0 radical (unpaired) electrons. The Kier molecular flexibility index (Phi) is 4.23. The Bertz CT molecular complexity index is 650. The first-order valence-corrected chi connectivity index (χ1v) is 6.57. The minimum atomic E-state index is -0.209. The lowest BCUT2D eigenvalue weighted by molar-refractivity contribution is -0.140. The number of benzene rings is 1. The molecule has 0 aliphatic rings. The van der Waals surface area contributed by atoms with Crippen molar-refractivity contribution in [2.24, 2.45) is 0 Å². The molecular formula is C16H19NO3. The van der Waals surface area contributed by atoms with Gasteiger partial charge in [-0.15, -0.1) is 0 Å². The van der Waals surface area contributed by atoms with E-state index in [2.05, 4.69) is 17.1 Å². The molecule has 2 rings (SSSR count). The summed E-state index contributed by atoms with van der Waals surface area (Å²) in [6.45, 7) is 3.96. The molecule has 0 saturated carbocycles. The average molecular weight is 273 g/mol. The van der Waals surface area contributed by atoms with Crippen LogP contribution in [0.2, 0.25) is 0 Å². The second-order valence-corrected chi connectivity index (χ2v) is 4.86. The van der Waals surface area contributed by atoms with E-state index in [4.69, 9.17) is 9.47 Å². The van der Waals surface area contributed by atoms with E-state index in [1.165, 1.54) is 7.11 Å².